The molecule has 4 nitrogen and oxygen atoms in total. The third-order valence-electron chi connectivity index (χ3n) is 4.66. The van der Waals surface area contributed by atoms with Gasteiger partial charge in [0.15, 0.2) is 0 Å². The van der Waals surface area contributed by atoms with E-state index in [0.29, 0.717) is 4.88 Å². The van der Waals surface area contributed by atoms with Crippen LogP contribution in [0.15, 0.2) is 6.20 Å². The van der Waals surface area contributed by atoms with Crippen molar-refractivity contribution in [2.45, 2.75) is 52.2 Å². The molecule has 106 valence electrons. The topological polar surface area (TPSA) is 51.2 Å². The standard InChI is InChI=1S/C14H22N2O2S/c1-6-11-15-8-9(19-11)12(17)16-10-7-14(4,18-5)13(10,2)3/h8,10H,6-7H2,1-5H3,(H,16,17)/t10-,14+/m0/s1. The molecule has 0 saturated heterocycles. The molecule has 0 radical (unpaired) electrons. The average Bonchev–Trinajstić information content (AvgIpc) is 2.86. The normalized spacial score (nSPS) is 28.8. The number of amides is 1. The minimum Gasteiger partial charge on any atom is -0.378 e. The van der Waals surface area contributed by atoms with Gasteiger partial charge in [0.05, 0.1) is 16.8 Å². The highest BCUT2D eigenvalue weighted by atomic mass is 32.1. The molecule has 1 fully saturated rings. The number of nitrogens with one attached hydrogen (secondary N) is 1. The summed E-state index contributed by atoms with van der Waals surface area (Å²) in [7, 11) is 1.73. The second-order valence-corrected chi connectivity index (χ2v) is 6.97. The first-order chi connectivity index (χ1) is 8.84. The molecule has 0 spiro atoms. The predicted octanol–water partition coefficient (Wildman–Crippen LogP) is 2.64. The Morgan fingerprint density at radius 3 is 2.74 bits per heavy atom. The fourth-order valence-corrected chi connectivity index (χ4v) is 3.29. The van der Waals surface area contributed by atoms with E-state index in [1.165, 1.54) is 11.3 Å². The number of hydrogen-bond donors (Lipinski definition) is 1. The van der Waals surface area contributed by atoms with Crippen molar-refractivity contribution in [3.05, 3.63) is 16.1 Å². The van der Waals surface area contributed by atoms with Gasteiger partial charge in [-0.3, -0.25) is 4.79 Å². The summed E-state index contributed by atoms with van der Waals surface area (Å²) in [5.74, 6) is -0.0200. The van der Waals surface area contributed by atoms with Crippen molar-refractivity contribution in [1.29, 1.82) is 0 Å². The van der Waals surface area contributed by atoms with E-state index < -0.39 is 0 Å². The summed E-state index contributed by atoms with van der Waals surface area (Å²) in [6.07, 6.45) is 3.39. The molecule has 0 bridgehead atoms. The molecular weight excluding hydrogens is 260 g/mol. The molecule has 1 amide bonds. The molecule has 0 aromatic carbocycles. The molecule has 1 saturated carbocycles. The van der Waals surface area contributed by atoms with Gasteiger partial charge < -0.3 is 10.1 Å². The number of carbonyl (C=O) groups excluding carboxylic acids is 1. The fraction of sp³-hybridized carbons (Fsp3) is 0.714. The van der Waals surface area contributed by atoms with Gasteiger partial charge in [-0.15, -0.1) is 11.3 Å². The molecule has 19 heavy (non-hydrogen) atoms. The van der Waals surface area contributed by atoms with Gasteiger partial charge in [-0.25, -0.2) is 4.98 Å². The first kappa shape index (κ1) is 14.5. The Balaban J connectivity index is 2.01. The highest BCUT2D eigenvalue weighted by Gasteiger charge is 2.58. The first-order valence-corrected chi connectivity index (χ1v) is 7.46. The highest BCUT2D eigenvalue weighted by Crippen LogP contribution is 2.51. The SMILES string of the molecule is CCc1ncc(C(=O)N[C@H]2C[C@@](C)(OC)C2(C)C)s1. The van der Waals surface area contributed by atoms with Crippen LogP contribution >= 0.6 is 11.3 Å². The number of carbonyl (C=O) groups is 1. The lowest BCUT2D eigenvalue weighted by molar-refractivity contribution is -0.177. The number of aromatic nitrogens is 1. The third kappa shape index (κ3) is 2.30. The largest absolute Gasteiger partial charge is 0.378 e. The van der Waals surface area contributed by atoms with Crippen LogP contribution in [0.4, 0.5) is 0 Å². The first-order valence-electron chi connectivity index (χ1n) is 6.65. The molecule has 2 atom stereocenters. The molecule has 1 aliphatic rings. The Morgan fingerprint density at radius 2 is 2.26 bits per heavy atom. The van der Waals surface area contributed by atoms with E-state index in [2.05, 4.69) is 31.1 Å². The van der Waals surface area contributed by atoms with Crippen LogP contribution in [0.3, 0.4) is 0 Å². The number of aryl methyl sites for hydroxylation is 1. The minimum atomic E-state index is -0.159. The van der Waals surface area contributed by atoms with E-state index >= 15 is 0 Å². The molecule has 1 N–H and O–H groups in total. The Hall–Kier alpha value is -0.940. The van der Waals surface area contributed by atoms with Crippen LogP contribution in [0.25, 0.3) is 0 Å². The Bertz CT molecular complexity index is 484. The maximum atomic E-state index is 12.2. The van der Waals surface area contributed by atoms with E-state index in [0.717, 1.165) is 17.8 Å². The van der Waals surface area contributed by atoms with Crippen molar-refractivity contribution in [2.75, 3.05) is 7.11 Å². The second kappa shape index (κ2) is 4.87. The summed E-state index contributed by atoms with van der Waals surface area (Å²) < 4.78 is 5.57. The molecule has 1 aromatic rings. The number of hydrogen-bond acceptors (Lipinski definition) is 4. The van der Waals surface area contributed by atoms with Crippen molar-refractivity contribution >= 4 is 17.2 Å². The summed E-state index contributed by atoms with van der Waals surface area (Å²) in [5.41, 5.74) is -0.219. The van der Waals surface area contributed by atoms with Crippen molar-refractivity contribution in [3.8, 4) is 0 Å². The van der Waals surface area contributed by atoms with E-state index in [9.17, 15) is 4.79 Å². The second-order valence-electron chi connectivity index (χ2n) is 5.86. The quantitative estimate of drug-likeness (QED) is 0.923. The minimum absolute atomic E-state index is 0.0200. The van der Waals surface area contributed by atoms with E-state index in [1.54, 1.807) is 13.3 Å². The Labute approximate surface area is 118 Å². The van der Waals surface area contributed by atoms with Gasteiger partial charge >= 0.3 is 0 Å². The molecule has 0 aliphatic heterocycles. The zero-order valence-electron chi connectivity index (χ0n) is 12.2. The lowest BCUT2D eigenvalue weighted by atomic mass is 9.56. The molecule has 5 heteroatoms. The van der Waals surface area contributed by atoms with Crippen LogP contribution in [0.2, 0.25) is 0 Å². The van der Waals surface area contributed by atoms with Crippen LogP contribution in [-0.4, -0.2) is 29.6 Å². The summed E-state index contributed by atoms with van der Waals surface area (Å²) in [6, 6.07) is 0.150. The van der Waals surface area contributed by atoms with E-state index in [-0.39, 0.29) is 23.0 Å². The molecule has 1 aliphatic carbocycles. The van der Waals surface area contributed by atoms with Gasteiger partial charge in [0.2, 0.25) is 0 Å². The van der Waals surface area contributed by atoms with Crippen LogP contribution < -0.4 is 5.32 Å². The number of methoxy groups -OCH3 is 1. The zero-order chi connectivity index (χ0) is 14.3. The van der Waals surface area contributed by atoms with Crippen LogP contribution in [0, 0.1) is 5.41 Å². The highest BCUT2D eigenvalue weighted by molar-refractivity contribution is 7.13. The summed E-state index contributed by atoms with van der Waals surface area (Å²) in [5, 5.41) is 4.10. The van der Waals surface area contributed by atoms with Gasteiger partial charge in [0.1, 0.15) is 4.88 Å². The van der Waals surface area contributed by atoms with Gasteiger partial charge in [-0.2, -0.15) is 0 Å². The summed E-state index contributed by atoms with van der Waals surface area (Å²) in [6.45, 7) is 8.40. The number of thiazole rings is 1. The average molecular weight is 282 g/mol. The maximum absolute atomic E-state index is 12.2. The molecule has 2 rings (SSSR count). The van der Waals surface area contributed by atoms with Gasteiger partial charge in [0, 0.05) is 18.6 Å². The Kier molecular flexibility index (Phi) is 3.71. The molecule has 0 unspecified atom stereocenters. The zero-order valence-corrected chi connectivity index (χ0v) is 13.1. The molecule has 1 heterocycles. The van der Waals surface area contributed by atoms with Crippen molar-refractivity contribution < 1.29 is 9.53 Å². The number of rotatable bonds is 4. The van der Waals surface area contributed by atoms with E-state index in [1.807, 2.05) is 6.92 Å². The van der Waals surface area contributed by atoms with Crippen molar-refractivity contribution in [2.24, 2.45) is 5.41 Å². The van der Waals surface area contributed by atoms with Crippen LogP contribution in [0.1, 0.15) is 48.8 Å². The van der Waals surface area contributed by atoms with Crippen LogP contribution in [0.5, 0.6) is 0 Å². The Morgan fingerprint density at radius 1 is 1.58 bits per heavy atom. The fourth-order valence-electron chi connectivity index (χ4n) is 2.53. The smallest absolute Gasteiger partial charge is 0.263 e. The monoisotopic (exact) mass is 282 g/mol. The van der Waals surface area contributed by atoms with Gasteiger partial charge in [-0.05, 0) is 19.8 Å². The van der Waals surface area contributed by atoms with Gasteiger partial charge in [-0.1, -0.05) is 20.8 Å². The van der Waals surface area contributed by atoms with Crippen LogP contribution in [-0.2, 0) is 11.2 Å². The van der Waals surface area contributed by atoms with Crippen molar-refractivity contribution in [1.82, 2.24) is 10.3 Å². The number of ether oxygens (including phenoxy) is 1. The molecule has 1 aromatic heterocycles. The third-order valence-corrected chi connectivity index (χ3v) is 5.80. The summed E-state index contributed by atoms with van der Waals surface area (Å²) >= 11 is 1.47. The maximum Gasteiger partial charge on any atom is 0.263 e. The summed E-state index contributed by atoms with van der Waals surface area (Å²) in [4.78, 5) is 17.1. The van der Waals surface area contributed by atoms with Gasteiger partial charge in [0.25, 0.3) is 5.91 Å². The predicted molar refractivity (Wildman–Crippen MR) is 76.6 cm³/mol. The van der Waals surface area contributed by atoms with E-state index in [4.69, 9.17) is 4.74 Å². The number of nitrogens with zero attached hydrogens (tertiary/aromatic N) is 1. The van der Waals surface area contributed by atoms with Crippen molar-refractivity contribution in [3.63, 3.8) is 0 Å². The lowest BCUT2D eigenvalue weighted by Crippen LogP contribution is -2.68. The molecular formula is C14H22N2O2S. The lowest BCUT2D eigenvalue weighted by Gasteiger charge is -2.59.